The van der Waals surface area contributed by atoms with Gasteiger partial charge in [-0.25, -0.2) is 0 Å². The van der Waals surface area contributed by atoms with Crippen LogP contribution in [0, 0.1) is 6.92 Å². The first kappa shape index (κ1) is 13.6. The van der Waals surface area contributed by atoms with Crippen molar-refractivity contribution in [2.75, 3.05) is 7.11 Å². The van der Waals surface area contributed by atoms with E-state index in [-0.39, 0.29) is 11.6 Å². The van der Waals surface area contributed by atoms with Crippen LogP contribution in [0.4, 0.5) is 0 Å². The summed E-state index contributed by atoms with van der Waals surface area (Å²) in [5, 5.41) is 0. The summed E-state index contributed by atoms with van der Waals surface area (Å²) in [5.74, 6) is 0. The normalized spacial score (nSPS) is 21.3. The van der Waals surface area contributed by atoms with E-state index in [2.05, 4.69) is 31.2 Å². The average Bonchev–Trinajstić information content (AvgIpc) is 2.65. The topological polar surface area (TPSA) is 35.2 Å². The van der Waals surface area contributed by atoms with E-state index in [0.29, 0.717) is 0 Å². The quantitative estimate of drug-likeness (QED) is 0.826. The number of benzene rings is 1. The van der Waals surface area contributed by atoms with Gasteiger partial charge in [0.15, 0.2) is 0 Å². The molecule has 1 aliphatic rings. The van der Waals surface area contributed by atoms with Crippen LogP contribution in [0.5, 0.6) is 0 Å². The monoisotopic (exact) mass is 247 g/mol. The minimum Gasteiger partial charge on any atom is -0.376 e. The lowest BCUT2D eigenvalue weighted by Crippen LogP contribution is -2.43. The first-order valence-electron chi connectivity index (χ1n) is 7.06. The minimum absolute atomic E-state index is 0.0122. The van der Waals surface area contributed by atoms with Crippen LogP contribution >= 0.6 is 0 Å². The molecule has 0 saturated heterocycles. The number of aryl methyl sites for hydroxylation is 1. The fourth-order valence-corrected chi connectivity index (χ4v) is 3.19. The Hall–Kier alpha value is -0.860. The Morgan fingerprint density at radius 3 is 2.28 bits per heavy atom. The van der Waals surface area contributed by atoms with Crippen molar-refractivity contribution in [2.24, 2.45) is 5.73 Å². The van der Waals surface area contributed by atoms with Crippen LogP contribution in [-0.2, 0) is 4.74 Å². The molecule has 18 heavy (non-hydrogen) atoms. The third-order valence-electron chi connectivity index (χ3n) is 4.45. The predicted octanol–water partition coefficient (Wildman–Crippen LogP) is 3.73. The largest absolute Gasteiger partial charge is 0.376 e. The van der Waals surface area contributed by atoms with Crippen LogP contribution in [0.15, 0.2) is 24.3 Å². The molecule has 1 unspecified atom stereocenters. The second kappa shape index (κ2) is 5.85. The highest BCUT2D eigenvalue weighted by molar-refractivity contribution is 5.30. The molecule has 0 aromatic heterocycles. The zero-order chi connectivity index (χ0) is 13.0. The van der Waals surface area contributed by atoms with E-state index in [4.69, 9.17) is 10.5 Å². The van der Waals surface area contributed by atoms with Crippen molar-refractivity contribution in [3.63, 3.8) is 0 Å². The summed E-state index contributed by atoms with van der Waals surface area (Å²) in [5.41, 5.74) is 8.90. The van der Waals surface area contributed by atoms with Crippen molar-refractivity contribution in [2.45, 2.75) is 57.1 Å². The van der Waals surface area contributed by atoms with Gasteiger partial charge < -0.3 is 10.5 Å². The Morgan fingerprint density at radius 1 is 1.11 bits per heavy atom. The van der Waals surface area contributed by atoms with E-state index in [0.717, 1.165) is 12.8 Å². The lowest BCUT2D eigenvalue weighted by atomic mass is 9.81. The molecule has 1 aliphatic carbocycles. The molecule has 0 bridgehead atoms. The molecule has 2 nitrogen and oxygen atoms in total. The fourth-order valence-electron chi connectivity index (χ4n) is 3.19. The standard InChI is InChI=1S/C16H25NO/c1-13-9-5-6-10-14(13)15(17)16(18-2)11-7-3-4-8-12-16/h5-6,9-10,15H,3-4,7-8,11-12,17H2,1-2H3. The van der Waals surface area contributed by atoms with Crippen LogP contribution < -0.4 is 5.73 Å². The van der Waals surface area contributed by atoms with E-state index in [1.807, 2.05) is 7.11 Å². The van der Waals surface area contributed by atoms with Gasteiger partial charge in [-0.2, -0.15) is 0 Å². The number of methoxy groups -OCH3 is 1. The van der Waals surface area contributed by atoms with E-state index in [1.54, 1.807) is 0 Å². The number of hydrogen-bond acceptors (Lipinski definition) is 2. The molecule has 1 aromatic carbocycles. The molecule has 1 aromatic rings. The number of hydrogen-bond donors (Lipinski definition) is 1. The second-order valence-corrected chi connectivity index (χ2v) is 5.52. The van der Waals surface area contributed by atoms with Crippen molar-refractivity contribution < 1.29 is 4.74 Å². The van der Waals surface area contributed by atoms with Crippen LogP contribution in [0.25, 0.3) is 0 Å². The van der Waals surface area contributed by atoms with E-state index >= 15 is 0 Å². The van der Waals surface area contributed by atoms with E-state index < -0.39 is 0 Å². The molecule has 0 aliphatic heterocycles. The van der Waals surface area contributed by atoms with Gasteiger partial charge in [0, 0.05) is 7.11 Å². The van der Waals surface area contributed by atoms with Gasteiger partial charge in [0.2, 0.25) is 0 Å². The van der Waals surface area contributed by atoms with Gasteiger partial charge in [0.05, 0.1) is 11.6 Å². The summed E-state index contributed by atoms with van der Waals surface area (Å²) in [4.78, 5) is 0. The van der Waals surface area contributed by atoms with E-state index in [1.165, 1.54) is 36.8 Å². The Morgan fingerprint density at radius 2 is 1.72 bits per heavy atom. The summed E-state index contributed by atoms with van der Waals surface area (Å²) in [6.45, 7) is 2.13. The van der Waals surface area contributed by atoms with Crippen molar-refractivity contribution in [3.05, 3.63) is 35.4 Å². The molecule has 1 atom stereocenters. The lowest BCUT2D eigenvalue weighted by Gasteiger charge is -2.38. The predicted molar refractivity (Wildman–Crippen MR) is 75.5 cm³/mol. The molecule has 0 heterocycles. The first-order valence-corrected chi connectivity index (χ1v) is 7.06. The van der Waals surface area contributed by atoms with Gasteiger partial charge in [0.25, 0.3) is 0 Å². The number of ether oxygens (including phenoxy) is 1. The molecule has 1 saturated carbocycles. The van der Waals surface area contributed by atoms with Crippen LogP contribution in [0.2, 0.25) is 0 Å². The molecule has 100 valence electrons. The van der Waals surface area contributed by atoms with Gasteiger partial charge in [-0.1, -0.05) is 49.9 Å². The number of nitrogens with two attached hydrogens (primary N) is 1. The molecular weight excluding hydrogens is 222 g/mol. The zero-order valence-corrected chi connectivity index (χ0v) is 11.6. The number of rotatable bonds is 3. The second-order valence-electron chi connectivity index (χ2n) is 5.52. The van der Waals surface area contributed by atoms with Crippen molar-refractivity contribution in [1.82, 2.24) is 0 Å². The van der Waals surface area contributed by atoms with Crippen molar-refractivity contribution in [1.29, 1.82) is 0 Å². The van der Waals surface area contributed by atoms with Gasteiger partial charge in [-0.3, -0.25) is 0 Å². The van der Waals surface area contributed by atoms with Crippen LogP contribution in [0.3, 0.4) is 0 Å². The van der Waals surface area contributed by atoms with Gasteiger partial charge in [-0.15, -0.1) is 0 Å². The maximum absolute atomic E-state index is 6.56. The Bertz CT molecular complexity index is 380. The van der Waals surface area contributed by atoms with Crippen LogP contribution in [0.1, 0.15) is 55.7 Å². The summed E-state index contributed by atoms with van der Waals surface area (Å²) in [7, 11) is 1.82. The van der Waals surface area contributed by atoms with Gasteiger partial charge in [0.1, 0.15) is 0 Å². The van der Waals surface area contributed by atoms with Crippen molar-refractivity contribution in [3.8, 4) is 0 Å². The summed E-state index contributed by atoms with van der Waals surface area (Å²) in [6, 6.07) is 8.41. The molecule has 2 N–H and O–H groups in total. The Balaban J connectivity index is 2.28. The summed E-state index contributed by atoms with van der Waals surface area (Å²) < 4.78 is 5.90. The highest BCUT2D eigenvalue weighted by Crippen LogP contribution is 2.39. The molecular formula is C16H25NO. The Labute approximate surface area is 111 Å². The molecule has 0 radical (unpaired) electrons. The van der Waals surface area contributed by atoms with Crippen LogP contribution in [-0.4, -0.2) is 12.7 Å². The van der Waals surface area contributed by atoms with Gasteiger partial charge >= 0.3 is 0 Å². The zero-order valence-electron chi connectivity index (χ0n) is 11.6. The molecule has 0 spiro atoms. The maximum Gasteiger partial charge on any atom is 0.0870 e. The highest BCUT2D eigenvalue weighted by atomic mass is 16.5. The highest BCUT2D eigenvalue weighted by Gasteiger charge is 2.38. The third kappa shape index (κ3) is 2.60. The average molecular weight is 247 g/mol. The third-order valence-corrected chi connectivity index (χ3v) is 4.45. The van der Waals surface area contributed by atoms with Crippen molar-refractivity contribution >= 4 is 0 Å². The maximum atomic E-state index is 6.56. The lowest BCUT2D eigenvalue weighted by molar-refractivity contribution is -0.0443. The molecule has 0 amide bonds. The fraction of sp³-hybridized carbons (Fsp3) is 0.625. The summed E-state index contributed by atoms with van der Waals surface area (Å²) >= 11 is 0. The molecule has 2 rings (SSSR count). The minimum atomic E-state index is -0.164. The SMILES string of the molecule is COC1(C(N)c2ccccc2C)CCCCCC1. The smallest absolute Gasteiger partial charge is 0.0870 e. The van der Waals surface area contributed by atoms with Gasteiger partial charge in [-0.05, 0) is 30.9 Å². The molecule has 2 heteroatoms. The Kier molecular flexibility index (Phi) is 4.41. The van der Waals surface area contributed by atoms with E-state index in [9.17, 15) is 0 Å². The summed E-state index contributed by atoms with van der Waals surface area (Å²) in [6.07, 6.45) is 7.25. The molecule has 1 fully saturated rings. The first-order chi connectivity index (χ1) is 8.69.